The van der Waals surface area contributed by atoms with Gasteiger partial charge in [0.1, 0.15) is 0 Å². The molecule has 4 nitrogen and oxygen atoms in total. The van der Waals surface area contributed by atoms with Gasteiger partial charge in [-0.2, -0.15) is 0 Å². The predicted octanol–water partition coefficient (Wildman–Crippen LogP) is 1.99. The van der Waals surface area contributed by atoms with Crippen LogP contribution < -0.4 is 11.1 Å². The Labute approximate surface area is 129 Å². The van der Waals surface area contributed by atoms with Crippen LogP contribution in [0.15, 0.2) is 0 Å². The highest BCUT2D eigenvalue weighted by atomic mass is 16.1. The Balaban J connectivity index is 1.71. The average molecular weight is 295 g/mol. The van der Waals surface area contributed by atoms with Gasteiger partial charge in [0.05, 0.1) is 0 Å². The van der Waals surface area contributed by atoms with Crippen LogP contribution in [0.1, 0.15) is 52.4 Å². The number of rotatable bonds is 5. The molecule has 0 radical (unpaired) electrons. The topological polar surface area (TPSA) is 58.4 Å². The van der Waals surface area contributed by atoms with Crippen molar-refractivity contribution in [3.05, 3.63) is 0 Å². The molecule has 0 bridgehead atoms. The molecular weight excluding hydrogens is 262 g/mol. The molecule has 1 amide bonds. The molecule has 0 heterocycles. The van der Waals surface area contributed by atoms with E-state index < -0.39 is 0 Å². The van der Waals surface area contributed by atoms with E-state index in [4.69, 9.17) is 5.73 Å². The summed E-state index contributed by atoms with van der Waals surface area (Å²) >= 11 is 0. The Morgan fingerprint density at radius 1 is 1.19 bits per heavy atom. The summed E-state index contributed by atoms with van der Waals surface area (Å²) in [4.78, 5) is 14.8. The van der Waals surface area contributed by atoms with Crippen LogP contribution in [0, 0.1) is 17.8 Å². The lowest BCUT2D eigenvalue weighted by Crippen LogP contribution is -2.46. The molecule has 4 heteroatoms. The summed E-state index contributed by atoms with van der Waals surface area (Å²) in [5.41, 5.74) is 6.14. The van der Waals surface area contributed by atoms with E-state index in [0.29, 0.717) is 11.8 Å². The number of carbonyl (C=O) groups excluding carboxylic acids is 1. The molecular formula is C17H33N3O. The molecule has 0 spiro atoms. The van der Waals surface area contributed by atoms with Crippen molar-refractivity contribution in [1.82, 2.24) is 10.2 Å². The van der Waals surface area contributed by atoms with Gasteiger partial charge in [-0.3, -0.25) is 4.79 Å². The first-order valence-electron chi connectivity index (χ1n) is 8.72. The molecule has 2 aliphatic rings. The highest BCUT2D eigenvalue weighted by Gasteiger charge is 2.34. The van der Waals surface area contributed by atoms with Gasteiger partial charge in [0, 0.05) is 31.1 Å². The van der Waals surface area contributed by atoms with Gasteiger partial charge in [-0.1, -0.05) is 26.7 Å². The van der Waals surface area contributed by atoms with E-state index in [0.717, 1.165) is 32.0 Å². The number of amides is 1. The molecule has 2 aliphatic carbocycles. The van der Waals surface area contributed by atoms with E-state index in [1.807, 2.05) is 0 Å². The highest BCUT2D eigenvalue weighted by Crippen LogP contribution is 2.32. The molecule has 4 atom stereocenters. The number of nitrogens with one attached hydrogen (secondary N) is 1. The largest absolute Gasteiger partial charge is 0.355 e. The average Bonchev–Trinajstić information content (AvgIpc) is 2.96. The SMILES string of the molecule is CC1CC(C)C(C(=O)NCCN(C)C2CCCC2)CC1N. The third-order valence-electron chi connectivity index (χ3n) is 5.74. The minimum Gasteiger partial charge on any atom is -0.355 e. The summed E-state index contributed by atoms with van der Waals surface area (Å²) in [7, 11) is 2.18. The van der Waals surface area contributed by atoms with Gasteiger partial charge < -0.3 is 16.0 Å². The first-order valence-corrected chi connectivity index (χ1v) is 8.72. The van der Waals surface area contributed by atoms with Crippen molar-refractivity contribution in [3.63, 3.8) is 0 Å². The second kappa shape index (κ2) is 7.59. The highest BCUT2D eigenvalue weighted by molar-refractivity contribution is 5.79. The minimum absolute atomic E-state index is 0.105. The third-order valence-corrected chi connectivity index (χ3v) is 5.74. The van der Waals surface area contributed by atoms with Crippen molar-refractivity contribution in [2.24, 2.45) is 23.5 Å². The molecule has 2 fully saturated rings. The minimum atomic E-state index is 0.105. The Kier molecular flexibility index (Phi) is 6.06. The lowest BCUT2D eigenvalue weighted by molar-refractivity contribution is -0.128. The Hall–Kier alpha value is -0.610. The van der Waals surface area contributed by atoms with Gasteiger partial charge >= 0.3 is 0 Å². The van der Waals surface area contributed by atoms with Crippen LogP contribution in [0.3, 0.4) is 0 Å². The van der Waals surface area contributed by atoms with Crippen molar-refractivity contribution >= 4 is 5.91 Å². The summed E-state index contributed by atoms with van der Waals surface area (Å²) in [6, 6.07) is 0.905. The fraction of sp³-hybridized carbons (Fsp3) is 0.941. The van der Waals surface area contributed by atoms with Crippen molar-refractivity contribution in [2.75, 3.05) is 20.1 Å². The van der Waals surface area contributed by atoms with Crippen LogP contribution in [0.5, 0.6) is 0 Å². The zero-order chi connectivity index (χ0) is 15.4. The van der Waals surface area contributed by atoms with Crippen LogP contribution in [0.4, 0.5) is 0 Å². The number of hydrogen-bond acceptors (Lipinski definition) is 3. The first kappa shape index (κ1) is 16.8. The third kappa shape index (κ3) is 4.43. The van der Waals surface area contributed by atoms with Crippen molar-refractivity contribution < 1.29 is 4.79 Å². The molecule has 0 aromatic carbocycles. The summed E-state index contributed by atoms with van der Waals surface area (Å²) in [6.45, 7) is 6.11. The van der Waals surface area contributed by atoms with E-state index in [9.17, 15) is 4.79 Å². The van der Waals surface area contributed by atoms with Gasteiger partial charge in [0.15, 0.2) is 0 Å². The van der Waals surface area contributed by atoms with Gasteiger partial charge in [-0.25, -0.2) is 0 Å². The van der Waals surface area contributed by atoms with Gasteiger partial charge in [-0.15, -0.1) is 0 Å². The van der Waals surface area contributed by atoms with Crippen LogP contribution in [0.25, 0.3) is 0 Å². The lowest BCUT2D eigenvalue weighted by Gasteiger charge is -2.36. The molecule has 3 N–H and O–H groups in total. The number of carbonyl (C=O) groups is 1. The lowest BCUT2D eigenvalue weighted by atomic mass is 9.72. The standard InChI is InChI=1S/C17H33N3O/c1-12-10-13(2)16(18)11-15(12)17(21)19-8-9-20(3)14-6-4-5-7-14/h12-16H,4-11,18H2,1-3H3,(H,19,21). The maximum Gasteiger partial charge on any atom is 0.223 e. The molecule has 2 rings (SSSR count). The van der Waals surface area contributed by atoms with E-state index in [1.165, 1.54) is 25.7 Å². The summed E-state index contributed by atoms with van der Waals surface area (Å²) in [5, 5.41) is 3.14. The number of nitrogens with zero attached hydrogens (tertiary/aromatic N) is 1. The number of hydrogen-bond donors (Lipinski definition) is 2. The zero-order valence-electron chi connectivity index (χ0n) is 14.0. The smallest absolute Gasteiger partial charge is 0.223 e. The van der Waals surface area contributed by atoms with Crippen molar-refractivity contribution in [3.8, 4) is 0 Å². The quantitative estimate of drug-likeness (QED) is 0.815. The maximum atomic E-state index is 12.4. The molecule has 21 heavy (non-hydrogen) atoms. The summed E-state index contributed by atoms with van der Waals surface area (Å²) < 4.78 is 0. The Morgan fingerprint density at radius 2 is 1.86 bits per heavy atom. The van der Waals surface area contributed by atoms with E-state index >= 15 is 0 Å². The first-order chi connectivity index (χ1) is 9.99. The van der Waals surface area contributed by atoms with E-state index in [-0.39, 0.29) is 17.9 Å². The second-order valence-corrected chi connectivity index (χ2v) is 7.41. The molecule has 0 aromatic heterocycles. The predicted molar refractivity (Wildman–Crippen MR) is 86.9 cm³/mol. The van der Waals surface area contributed by atoms with Crippen LogP contribution >= 0.6 is 0 Å². The van der Waals surface area contributed by atoms with Crippen LogP contribution in [0.2, 0.25) is 0 Å². The van der Waals surface area contributed by atoms with Gasteiger partial charge in [-0.05, 0) is 44.6 Å². The second-order valence-electron chi connectivity index (χ2n) is 7.41. The summed E-state index contributed by atoms with van der Waals surface area (Å²) in [6.07, 6.45) is 7.26. The molecule has 2 saturated carbocycles. The molecule has 122 valence electrons. The Bertz CT molecular complexity index is 341. The van der Waals surface area contributed by atoms with E-state index in [1.54, 1.807) is 0 Å². The van der Waals surface area contributed by atoms with Crippen LogP contribution in [-0.2, 0) is 4.79 Å². The summed E-state index contributed by atoms with van der Waals surface area (Å²) in [5.74, 6) is 1.31. The molecule has 0 aromatic rings. The fourth-order valence-corrected chi connectivity index (χ4v) is 4.06. The normalized spacial score (nSPS) is 34.3. The fourth-order valence-electron chi connectivity index (χ4n) is 4.06. The zero-order valence-corrected chi connectivity index (χ0v) is 14.0. The van der Waals surface area contributed by atoms with Crippen molar-refractivity contribution in [2.45, 2.75) is 64.5 Å². The van der Waals surface area contributed by atoms with Gasteiger partial charge in [0.2, 0.25) is 5.91 Å². The molecule has 0 saturated heterocycles. The number of nitrogens with two attached hydrogens (primary N) is 1. The Morgan fingerprint density at radius 3 is 2.52 bits per heavy atom. The van der Waals surface area contributed by atoms with Crippen molar-refractivity contribution in [1.29, 1.82) is 0 Å². The molecule has 0 aliphatic heterocycles. The van der Waals surface area contributed by atoms with E-state index in [2.05, 4.69) is 31.1 Å². The maximum absolute atomic E-state index is 12.4. The molecule has 4 unspecified atom stereocenters. The van der Waals surface area contributed by atoms with Crippen LogP contribution in [-0.4, -0.2) is 43.0 Å². The van der Waals surface area contributed by atoms with Gasteiger partial charge in [0.25, 0.3) is 0 Å². The monoisotopic (exact) mass is 295 g/mol. The number of likely N-dealkylation sites (N-methyl/N-ethyl adjacent to an activating group) is 1.